The van der Waals surface area contributed by atoms with Gasteiger partial charge < -0.3 is 10.0 Å². The van der Waals surface area contributed by atoms with E-state index in [1.54, 1.807) is 31.3 Å². The molecule has 1 N–H and O–H groups in total. The predicted octanol–water partition coefficient (Wildman–Crippen LogP) is 1.85. The first-order valence-electron chi connectivity index (χ1n) is 7.20. The summed E-state index contributed by atoms with van der Waals surface area (Å²) in [5, 5.41) is 10.3. The van der Waals surface area contributed by atoms with Gasteiger partial charge in [0.25, 0.3) is 5.91 Å². The number of aliphatic hydroxyl groups excluding tert-OH is 1. The van der Waals surface area contributed by atoms with Gasteiger partial charge in [-0.1, -0.05) is 60.7 Å². The summed E-state index contributed by atoms with van der Waals surface area (Å²) in [6.45, 7) is 0. The summed E-state index contributed by atoms with van der Waals surface area (Å²) >= 11 is 0. The number of rotatable bonds is 3. The number of ketones is 1. The lowest BCUT2D eigenvalue weighted by Crippen LogP contribution is -2.38. The minimum absolute atomic E-state index is 0.151. The second-order valence-corrected chi connectivity index (χ2v) is 5.51. The molecule has 1 fully saturated rings. The Morgan fingerprint density at radius 1 is 1.00 bits per heavy atom. The second kappa shape index (κ2) is 5.73. The van der Waals surface area contributed by atoms with Crippen LogP contribution in [0.1, 0.15) is 21.8 Å². The Morgan fingerprint density at radius 3 is 2.14 bits per heavy atom. The van der Waals surface area contributed by atoms with E-state index in [-0.39, 0.29) is 5.78 Å². The zero-order chi connectivity index (χ0) is 15.7. The van der Waals surface area contributed by atoms with Gasteiger partial charge in [-0.15, -0.1) is 0 Å². The maximum absolute atomic E-state index is 12.8. The highest BCUT2D eigenvalue weighted by molar-refractivity contribution is 6.05. The van der Waals surface area contributed by atoms with Crippen LogP contribution in [0.15, 0.2) is 60.7 Å². The minimum atomic E-state index is -1.19. The fraction of sp³-hybridized carbons (Fsp3) is 0.222. The number of amides is 1. The molecule has 0 radical (unpaired) electrons. The molecule has 3 atom stereocenters. The molecule has 3 rings (SSSR count). The Labute approximate surface area is 129 Å². The van der Waals surface area contributed by atoms with E-state index in [1.807, 2.05) is 36.4 Å². The molecule has 2 aromatic carbocycles. The summed E-state index contributed by atoms with van der Waals surface area (Å²) in [6, 6.07) is 17.4. The molecule has 1 saturated heterocycles. The standard InChI is InChI=1S/C18H17NO3/c1-19-15(16(20)13-10-6-3-7-11-13)14(17(21)18(19)22)12-8-4-2-5-9-12/h2-11,14-15,17,21H,1H3/t14-,15+,17-/m0/s1. The van der Waals surface area contributed by atoms with Gasteiger partial charge in [-0.2, -0.15) is 0 Å². The van der Waals surface area contributed by atoms with Gasteiger partial charge in [0.15, 0.2) is 5.78 Å². The van der Waals surface area contributed by atoms with E-state index < -0.39 is 24.0 Å². The van der Waals surface area contributed by atoms with Crippen molar-refractivity contribution in [1.82, 2.24) is 4.90 Å². The van der Waals surface area contributed by atoms with Crippen molar-refractivity contribution < 1.29 is 14.7 Å². The van der Waals surface area contributed by atoms with Crippen LogP contribution in [0, 0.1) is 0 Å². The molecule has 1 aliphatic rings. The summed E-state index contributed by atoms with van der Waals surface area (Å²) in [7, 11) is 1.57. The Kier molecular flexibility index (Phi) is 3.77. The molecule has 1 aliphatic heterocycles. The van der Waals surface area contributed by atoms with Crippen molar-refractivity contribution in [1.29, 1.82) is 0 Å². The first-order chi connectivity index (χ1) is 10.6. The zero-order valence-corrected chi connectivity index (χ0v) is 12.2. The lowest BCUT2D eigenvalue weighted by molar-refractivity contribution is -0.134. The van der Waals surface area contributed by atoms with Crippen molar-refractivity contribution in [3.05, 3.63) is 71.8 Å². The Morgan fingerprint density at radius 2 is 1.55 bits per heavy atom. The Bertz CT molecular complexity index is 684. The number of hydrogen-bond donors (Lipinski definition) is 1. The molecular weight excluding hydrogens is 278 g/mol. The third-order valence-corrected chi connectivity index (χ3v) is 4.21. The first-order valence-corrected chi connectivity index (χ1v) is 7.20. The van der Waals surface area contributed by atoms with Gasteiger partial charge in [0.05, 0.1) is 0 Å². The van der Waals surface area contributed by atoms with Gasteiger partial charge in [-0.25, -0.2) is 0 Å². The topological polar surface area (TPSA) is 57.6 Å². The lowest BCUT2D eigenvalue weighted by Gasteiger charge is -2.24. The van der Waals surface area contributed by atoms with Crippen molar-refractivity contribution >= 4 is 11.7 Å². The zero-order valence-electron chi connectivity index (χ0n) is 12.2. The van der Waals surface area contributed by atoms with Crippen LogP contribution in [0.25, 0.3) is 0 Å². The summed E-state index contributed by atoms with van der Waals surface area (Å²) < 4.78 is 0. The highest BCUT2D eigenvalue weighted by atomic mass is 16.3. The van der Waals surface area contributed by atoms with Gasteiger partial charge in [-0.05, 0) is 5.56 Å². The molecule has 112 valence electrons. The number of likely N-dealkylation sites (tertiary alicyclic amines) is 1. The molecule has 1 heterocycles. The van der Waals surface area contributed by atoms with Crippen LogP contribution in [-0.2, 0) is 4.79 Å². The summed E-state index contributed by atoms with van der Waals surface area (Å²) in [5.41, 5.74) is 1.34. The van der Waals surface area contributed by atoms with Crippen LogP contribution in [0.3, 0.4) is 0 Å². The lowest BCUT2D eigenvalue weighted by atomic mass is 9.86. The monoisotopic (exact) mass is 295 g/mol. The highest BCUT2D eigenvalue weighted by Crippen LogP contribution is 2.35. The number of likely N-dealkylation sites (N-methyl/N-ethyl adjacent to an activating group) is 1. The van der Waals surface area contributed by atoms with Gasteiger partial charge in [-0.3, -0.25) is 9.59 Å². The van der Waals surface area contributed by atoms with E-state index in [1.165, 1.54) is 4.90 Å². The van der Waals surface area contributed by atoms with Crippen molar-refractivity contribution in [3.8, 4) is 0 Å². The van der Waals surface area contributed by atoms with E-state index in [4.69, 9.17) is 0 Å². The van der Waals surface area contributed by atoms with E-state index >= 15 is 0 Å². The normalized spacial score (nSPS) is 24.5. The number of aliphatic hydroxyl groups is 1. The van der Waals surface area contributed by atoms with E-state index in [0.717, 1.165) is 5.56 Å². The number of hydrogen-bond acceptors (Lipinski definition) is 3. The number of nitrogens with zero attached hydrogens (tertiary/aromatic N) is 1. The van der Waals surface area contributed by atoms with E-state index in [2.05, 4.69) is 0 Å². The van der Waals surface area contributed by atoms with Crippen molar-refractivity contribution in [3.63, 3.8) is 0 Å². The molecule has 4 heteroatoms. The van der Waals surface area contributed by atoms with Crippen molar-refractivity contribution in [2.24, 2.45) is 0 Å². The molecule has 0 aliphatic carbocycles. The van der Waals surface area contributed by atoms with Crippen molar-refractivity contribution in [2.75, 3.05) is 7.05 Å². The highest BCUT2D eigenvalue weighted by Gasteiger charge is 2.49. The maximum atomic E-state index is 12.8. The van der Waals surface area contributed by atoms with Crippen LogP contribution < -0.4 is 0 Å². The fourth-order valence-electron chi connectivity index (χ4n) is 3.06. The van der Waals surface area contributed by atoms with Crippen LogP contribution in [0.5, 0.6) is 0 Å². The summed E-state index contributed by atoms with van der Waals surface area (Å²) in [4.78, 5) is 26.3. The predicted molar refractivity (Wildman–Crippen MR) is 82.5 cm³/mol. The number of Topliss-reactive ketones (excluding diaryl/α,β-unsaturated/α-hetero) is 1. The molecule has 2 aromatic rings. The molecular formula is C18H17NO3. The average Bonchev–Trinajstić information content (AvgIpc) is 2.80. The average molecular weight is 295 g/mol. The fourth-order valence-corrected chi connectivity index (χ4v) is 3.06. The third-order valence-electron chi connectivity index (χ3n) is 4.21. The molecule has 0 aromatic heterocycles. The Hall–Kier alpha value is -2.46. The Balaban J connectivity index is 2.03. The number of carbonyl (C=O) groups excluding carboxylic acids is 2. The molecule has 0 bridgehead atoms. The number of carbonyl (C=O) groups is 2. The van der Waals surface area contributed by atoms with Gasteiger partial charge in [0, 0.05) is 18.5 Å². The van der Waals surface area contributed by atoms with Crippen molar-refractivity contribution in [2.45, 2.75) is 18.1 Å². The molecule has 0 saturated carbocycles. The molecule has 0 unspecified atom stereocenters. The first kappa shape index (κ1) is 14.5. The quantitative estimate of drug-likeness (QED) is 0.879. The number of benzene rings is 2. The minimum Gasteiger partial charge on any atom is -0.383 e. The summed E-state index contributed by atoms with van der Waals surface area (Å²) in [6.07, 6.45) is -1.19. The van der Waals surface area contributed by atoms with Crippen LogP contribution in [-0.4, -0.2) is 40.9 Å². The largest absolute Gasteiger partial charge is 0.383 e. The van der Waals surface area contributed by atoms with Gasteiger partial charge in [0.1, 0.15) is 12.1 Å². The van der Waals surface area contributed by atoms with Gasteiger partial charge in [0.2, 0.25) is 0 Å². The van der Waals surface area contributed by atoms with E-state index in [0.29, 0.717) is 5.56 Å². The van der Waals surface area contributed by atoms with E-state index in [9.17, 15) is 14.7 Å². The molecule has 1 amide bonds. The van der Waals surface area contributed by atoms with Crippen LogP contribution in [0.4, 0.5) is 0 Å². The third kappa shape index (κ3) is 2.31. The van der Waals surface area contributed by atoms with Gasteiger partial charge >= 0.3 is 0 Å². The molecule has 4 nitrogen and oxygen atoms in total. The SMILES string of the molecule is CN1C(=O)[C@@H](O)[C@@H](c2ccccc2)[C@@H]1C(=O)c1ccccc1. The smallest absolute Gasteiger partial charge is 0.252 e. The van der Waals surface area contributed by atoms with Crippen LogP contribution >= 0.6 is 0 Å². The second-order valence-electron chi connectivity index (χ2n) is 5.51. The maximum Gasteiger partial charge on any atom is 0.252 e. The molecule has 0 spiro atoms. The molecule has 22 heavy (non-hydrogen) atoms. The van der Waals surface area contributed by atoms with Crippen LogP contribution in [0.2, 0.25) is 0 Å². The summed E-state index contributed by atoms with van der Waals surface area (Å²) in [5.74, 6) is -1.11.